The van der Waals surface area contributed by atoms with Gasteiger partial charge in [-0.1, -0.05) is 17.7 Å². The minimum atomic E-state index is -3.89. The average Bonchev–Trinajstić information content (AvgIpc) is 3.50. The van der Waals surface area contributed by atoms with Gasteiger partial charge >= 0.3 is 0 Å². The van der Waals surface area contributed by atoms with Crippen LogP contribution in [-0.2, 0) is 24.4 Å². The van der Waals surface area contributed by atoms with Crippen molar-refractivity contribution in [1.29, 1.82) is 0 Å². The van der Waals surface area contributed by atoms with Gasteiger partial charge in [-0.3, -0.25) is 14.4 Å². The van der Waals surface area contributed by atoms with Crippen molar-refractivity contribution in [2.45, 2.75) is 37.8 Å². The van der Waals surface area contributed by atoms with Gasteiger partial charge in [-0.2, -0.15) is 4.72 Å². The number of anilines is 1. The van der Waals surface area contributed by atoms with Crippen LogP contribution < -0.4 is 10.0 Å². The van der Waals surface area contributed by atoms with Gasteiger partial charge in [0.15, 0.2) is 0 Å². The molecule has 4 heterocycles. The molecule has 2 aliphatic heterocycles. The third kappa shape index (κ3) is 6.69. The summed E-state index contributed by atoms with van der Waals surface area (Å²) in [5.41, 5.74) is 0. The Bertz CT molecular complexity index is 1250. The van der Waals surface area contributed by atoms with E-state index in [1.54, 1.807) is 36.5 Å². The van der Waals surface area contributed by atoms with E-state index in [2.05, 4.69) is 15.0 Å². The van der Waals surface area contributed by atoms with Crippen LogP contribution in [0.25, 0.3) is 6.08 Å². The second kappa shape index (κ2) is 11.5. The van der Waals surface area contributed by atoms with E-state index in [-0.39, 0.29) is 18.4 Å². The molecule has 2 unspecified atom stereocenters. The summed E-state index contributed by atoms with van der Waals surface area (Å²) in [5, 5.41) is 3.73. The van der Waals surface area contributed by atoms with Crippen LogP contribution in [0.4, 0.5) is 5.82 Å². The third-order valence-corrected chi connectivity index (χ3v) is 8.26. The first-order valence-electron chi connectivity index (χ1n) is 11.5. The largest absolute Gasteiger partial charge is 0.332 e. The molecule has 2 atom stereocenters. The number of likely N-dealkylation sites (tertiary alicyclic amines) is 2. The molecule has 13 heteroatoms. The predicted octanol–water partition coefficient (Wildman–Crippen LogP) is 2.31. The number of thiophene rings is 1. The Morgan fingerprint density at radius 3 is 2.69 bits per heavy atom. The fourth-order valence-electron chi connectivity index (χ4n) is 4.26. The highest BCUT2D eigenvalue weighted by molar-refractivity contribution is 7.92. The Balaban J connectivity index is 1.35. The van der Waals surface area contributed by atoms with Crippen molar-refractivity contribution in [3.8, 4) is 0 Å². The fraction of sp³-hybridized carbons (Fsp3) is 0.391. The number of carbonyl (C=O) groups is 3. The number of pyridine rings is 1. The van der Waals surface area contributed by atoms with Crippen molar-refractivity contribution >= 4 is 62.6 Å². The molecule has 2 aliphatic rings. The zero-order valence-corrected chi connectivity index (χ0v) is 21.7. The van der Waals surface area contributed by atoms with E-state index in [0.717, 1.165) is 5.41 Å². The molecule has 0 aromatic carbocycles. The van der Waals surface area contributed by atoms with Crippen LogP contribution in [0, 0.1) is 0 Å². The van der Waals surface area contributed by atoms with Gasteiger partial charge in [-0.05, 0) is 56.0 Å². The molecule has 2 aromatic rings. The Morgan fingerprint density at radius 1 is 1.17 bits per heavy atom. The molecule has 0 bridgehead atoms. The lowest BCUT2D eigenvalue weighted by atomic mass is 10.1. The van der Waals surface area contributed by atoms with Crippen molar-refractivity contribution < 1.29 is 22.8 Å². The molecule has 0 saturated carbocycles. The topological polar surface area (TPSA) is 129 Å². The van der Waals surface area contributed by atoms with E-state index in [1.165, 1.54) is 27.2 Å². The van der Waals surface area contributed by atoms with Gasteiger partial charge in [-0.15, -0.1) is 11.3 Å². The minimum absolute atomic E-state index is 0.214. The molecule has 192 valence electrons. The van der Waals surface area contributed by atoms with Crippen molar-refractivity contribution in [3.05, 3.63) is 51.2 Å². The number of rotatable bonds is 8. The second-order valence-corrected chi connectivity index (χ2v) is 11.9. The number of nitrogens with zero attached hydrogens (tertiary/aromatic N) is 3. The molecule has 0 aliphatic carbocycles. The summed E-state index contributed by atoms with van der Waals surface area (Å²) in [5.74, 6) is -0.729. The molecule has 36 heavy (non-hydrogen) atoms. The van der Waals surface area contributed by atoms with Crippen LogP contribution in [0.1, 0.15) is 30.6 Å². The molecule has 0 radical (unpaired) electrons. The van der Waals surface area contributed by atoms with Crippen molar-refractivity contribution in [2.75, 3.05) is 25.0 Å². The molecule has 2 N–H and O–H groups in total. The molecular formula is C23H26ClN5O5S2. The van der Waals surface area contributed by atoms with E-state index >= 15 is 0 Å². The smallest absolute Gasteiger partial charge is 0.248 e. The van der Waals surface area contributed by atoms with Crippen molar-refractivity contribution in [3.63, 3.8) is 0 Å². The number of hydrogen-bond acceptors (Lipinski definition) is 7. The van der Waals surface area contributed by atoms with Crippen molar-refractivity contribution in [1.82, 2.24) is 19.5 Å². The molecule has 2 fully saturated rings. The van der Waals surface area contributed by atoms with Crippen LogP contribution >= 0.6 is 22.9 Å². The van der Waals surface area contributed by atoms with E-state index < -0.39 is 28.0 Å². The normalized spacial score (nSPS) is 20.8. The fourth-order valence-corrected chi connectivity index (χ4v) is 6.33. The quantitative estimate of drug-likeness (QED) is 0.518. The first-order chi connectivity index (χ1) is 17.2. The summed E-state index contributed by atoms with van der Waals surface area (Å²) >= 11 is 7.10. The van der Waals surface area contributed by atoms with Gasteiger partial charge in [0.1, 0.15) is 17.9 Å². The Hall–Kier alpha value is -2.80. The number of carbonyl (C=O) groups excluding carboxylic acids is 3. The summed E-state index contributed by atoms with van der Waals surface area (Å²) in [6.07, 6.45) is 5.04. The third-order valence-electron chi connectivity index (χ3n) is 5.96. The van der Waals surface area contributed by atoms with Gasteiger partial charge in [0.2, 0.25) is 27.7 Å². The van der Waals surface area contributed by atoms with E-state index in [9.17, 15) is 22.8 Å². The molecule has 3 amide bonds. The van der Waals surface area contributed by atoms with Crippen LogP contribution in [0.2, 0.25) is 4.34 Å². The molecule has 10 nitrogen and oxygen atoms in total. The Morgan fingerprint density at radius 2 is 1.97 bits per heavy atom. The lowest BCUT2D eigenvalue weighted by Crippen LogP contribution is -2.55. The SMILES string of the molecule is O=C(Nc1ccccn1)C1CCCN1C(=O)CN1CCCC(NS(=O)(=O)/C=C/c2ccc(Cl)s2)C1=O. The number of sulfonamides is 1. The average molecular weight is 552 g/mol. The predicted molar refractivity (Wildman–Crippen MR) is 138 cm³/mol. The number of halogens is 1. The number of amides is 3. The van der Waals surface area contributed by atoms with Crippen LogP contribution in [0.3, 0.4) is 0 Å². The van der Waals surface area contributed by atoms with Gasteiger partial charge < -0.3 is 15.1 Å². The lowest BCUT2D eigenvalue weighted by molar-refractivity contribution is -0.144. The zero-order valence-electron chi connectivity index (χ0n) is 19.3. The summed E-state index contributed by atoms with van der Waals surface area (Å²) < 4.78 is 28.0. The highest BCUT2D eigenvalue weighted by Crippen LogP contribution is 2.23. The molecule has 0 spiro atoms. The van der Waals surface area contributed by atoms with Crippen LogP contribution in [0.5, 0.6) is 0 Å². The highest BCUT2D eigenvalue weighted by atomic mass is 35.5. The van der Waals surface area contributed by atoms with Gasteiger partial charge in [0.05, 0.1) is 10.9 Å². The monoisotopic (exact) mass is 551 g/mol. The van der Waals surface area contributed by atoms with Gasteiger partial charge in [0, 0.05) is 29.6 Å². The van der Waals surface area contributed by atoms with E-state index in [0.29, 0.717) is 53.8 Å². The van der Waals surface area contributed by atoms with Crippen LogP contribution in [0.15, 0.2) is 41.9 Å². The first kappa shape index (κ1) is 26.3. The Labute approximate surface area is 218 Å². The molecule has 4 rings (SSSR count). The number of piperidine rings is 1. The first-order valence-corrected chi connectivity index (χ1v) is 14.2. The summed E-state index contributed by atoms with van der Waals surface area (Å²) in [6, 6.07) is 6.90. The molecule has 2 saturated heterocycles. The van der Waals surface area contributed by atoms with Gasteiger partial charge in [-0.25, -0.2) is 13.4 Å². The molecule has 2 aromatic heterocycles. The standard InChI is InChI=1S/C23H26ClN5O5S2/c24-19-9-8-16(35-19)10-14-36(33,34)27-17-5-3-12-28(23(17)32)15-21(30)29-13-4-6-18(29)22(31)26-20-7-1-2-11-25-20/h1-2,7-11,14,17-18,27H,3-6,12-13,15H2,(H,25,26,31)/b14-10+. The van der Waals surface area contributed by atoms with E-state index in [4.69, 9.17) is 11.6 Å². The van der Waals surface area contributed by atoms with Crippen LogP contribution in [-0.4, -0.2) is 72.6 Å². The maximum absolute atomic E-state index is 13.1. The maximum Gasteiger partial charge on any atom is 0.248 e. The summed E-state index contributed by atoms with van der Waals surface area (Å²) in [7, 11) is -3.89. The minimum Gasteiger partial charge on any atom is -0.332 e. The second-order valence-electron chi connectivity index (χ2n) is 8.51. The molecular weight excluding hydrogens is 526 g/mol. The Kier molecular flexibility index (Phi) is 8.39. The lowest BCUT2D eigenvalue weighted by Gasteiger charge is -2.33. The summed E-state index contributed by atoms with van der Waals surface area (Å²) in [4.78, 5) is 46.4. The number of nitrogens with one attached hydrogen (secondary N) is 2. The number of aromatic nitrogens is 1. The van der Waals surface area contributed by atoms with Gasteiger partial charge in [0.25, 0.3) is 0 Å². The zero-order chi connectivity index (χ0) is 25.7. The highest BCUT2D eigenvalue weighted by Gasteiger charge is 2.37. The number of hydrogen-bond donors (Lipinski definition) is 2. The van der Waals surface area contributed by atoms with Crippen molar-refractivity contribution in [2.24, 2.45) is 0 Å². The maximum atomic E-state index is 13.1. The van der Waals surface area contributed by atoms with E-state index in [1.807, 2.05) is 0 Å². The summed E-state index contributed by atoms with van der Waals surface area (Å²) in [6.45, 7) is 0.535.